The van der Waals surface area contributed by atoms with Crippen molar-refractivity contribution in [3.8, 4) is 17.0 Å². The van der Waals surface area contributed by atoms with Crippen LogP contribution in [0.4, 0.5) is 0 Å². The van der Waals surface area contributed by atoms with Crippen LogP contribution in [0.2, 0.25) is 0 Å². The molecule has 0 aliphatic carbocycles. The van der Waals surface area contributed by atoms with Crippen molar-refractivity contribution < 1.29 is 4.74 Å². The van der Waals surface area contributed by atoms with Crippen molar-refractivity contribution >= 4 is 0 Å². The van der Waals surface area contributed by atoms with Crippen LogP contribution in [0.5, 0.6) is 5.75 Å². The van der Waals surface area contributed by atoms with E-state index in [9.17, 15) is 0 Å². The molecule has 0 saturated heterocycles. The molecule has 22 heavy (non-hydrogen) atoms. The fourth-order valence-corrected chi connectivity index (χ4v) is 2.25. The smallest absolute Gasteiger partial charge is 0.128 e. The third-order valence-electron chi connectivity index (χ3n) is 3.32. The first kappa shape index (κ1) is 14.2. The molecular formula is C16H17N5O. The first-order valence-electron chi connectivity index (χ1n) is 7.07. The Hall–Kier alpha value is -2.76. The Kier molecular flexibility index (Phi) is 4.09. The molecule has 2 aromatic heterocycles. The van der Waals surface area contributed by atoms with Crippen LogP contribution < -0.4 is 4.74 Å². The topological polar surface area (TPSA) is 65.7 Å². The van der Waals surface area contributed by atoms with Gasteiger partial charge >= 0.3 is 0 Å². The second-order valence-electron chi connectivity index (χ2n) is 4.97. The normalized spacial score (nSPS) is 10.6. The summed E-state index contributed by atoms with van der Waals surface area (Å²) in [6.45, 7) is 2.64. The Labute approximate surface area is 128 Å². The maximum Gasteiger partial charge on any atom is 0.128 e. The van der Waals surface area contributed by atoms with Crippen LogP contribution in [-0.2, 0) is 13.0 Å². The number of hydrogen-bond donors (Lipinski definition) is 0. The minimum absolute atomic E-state index is 0.709. The third-order valence-corrected chi connectivity index (χ3v) is 3.32. The molecular weight excluding hydrogens is 278 g/mol. The molecule has 0 aliphatic rings. The predicted molar refractivity (Wildman–Crippen MR) is 82.5 cm³/mol. The van der Waals surface area contributed by atoms with Gasteiger partial charge in [-0.05, 0) is 19.1 Å². The SMILES string of the molecule is COc1ccccc1-c1cn(CCc2cncc(C)n2)nn1. The van der Waals surface area contributed by atoms with Crippen molar-refractivity contribution in [2.45, 2.75) is 19.9 Å². The number of para-hydroxylation sites is 1. The van der Waals surface area contributed by atoms with E-state index in [0.717, 1.165) is 34.8 Å². The number of hydrogen-bond acceptors (Lipinski definition) is 5. The van der Waals surface area contributed by atoms with E-state index >= 15 is 0 Å². The van der Waals surface area contributed by atoms with Gasteiger partial charge in [-0.1, -0.05) is 17.3 Å². The average Bonchev–Trinajstić information content (AvgIpc) is 3.02. The molecule has 0 saturated carbocycles. The number of nitrogens with zero attached hydrogens (tertiary/aromatic N) is 5. The van der Waals surface area contributed by atoms with Crippen LogP contribution >= 0.6 is 0 Å². The molecule has 3 rings (SSSR count). The van der Waals surface area contributed by atoms with Gasteiger partial charge in [0.25, 0.3) is 0 Å². The third kappa shape index (κ3) is 3.11. The van der Waals surface area contributed by atoms with Gasteiger partial charge in [-0.2, -0.15) is 0 Å². The van der Waals surface area contributed by atoms with Gasteiger partial charge in [-0.3, -0.25) is 14.6 Å². The van der Waals surface area contributed by atoms with Gasteiger partial charge in [-0.25, -0.2) is 0 Å². The zero-order chi connectivity index (χ0) is 15.4. The number of ether oxygens (including phenoxy) is 1. The van der Waals surface area contributed by atoms with E-state index in [-0.39, 0.29) is 0 Å². The second kappa shape index (κ2) is 6.34. The largest absolute Gasteiger partial charge is 0.496 e. The lowest BCUT2D eigenvalue weighted by atomic mass is 10.1. The molecule has 2 heterocycles. The lowest BCUT2D eigenvalue weighted by Gasteiger charge is -2.04. The Morgan fingerprint density at radius 1 is 1.18 bits per heavy atom. The van der Waals surface area contributed by atoms with Crippen molar-refractivity contribution in [1.29, 1.82) is 0 Å². The number of rotatable bonds is 5. The summed E-state index contributed by atoms with van der Waals surface area (Å²) < 4.78 is 7.17. The van der Waals surface area contributed by atoms with Crippen LogP contribution in [0, 0.1) is 6.92 Å². The van der Waals surface area contributed by atoms with Crippen LogP contribution in [0.25, 0.3) is 11.3 Å². The predicted octanol–water partition coefficient (Wildman–Crippen LogP) is 2.29. The Balaban J connectivity index is 1.74. The summed E-state index contributed by atoms with van der Waals surface area (Å²) >= 11 is 0. The lowest BCUT2D eigenvalue weighted by Crippen LogP contribution is -2.04. The van der Waals surface area contributed by atoms with Crippen LogP contribution in [0.1, 0.15) is 11.4 Å². The zero-order valence-electron chi connectivity index (χ0n) is 12.6. The van der Waals surface area contributed by atoms with E-state index in [2.05, 4.69) is 20.3 Å². The van der Waals surface area contributed by atoms with Crippen LogP contribution in [0.3, 0.4) is 0 Å². The molecule has 0 amide bonds. The quantitative estimate of drug-likeness (QED) is 0.722. The first-order chi connectivity index (χ1) is 10.8. The standard InChI is InChI=1S/C16H17N5O/c1-12-9-17-10-13(18-12)7-8-21-11-15(19-20-21)14-5-3-4-6-16(14)22-2/h3-6,9-11H,7-8H2,1-2H3. The maximum atomic E-state index is 5.36. The zero-order valence-corrected chi connectivity index (χ0v) is 12.6. The highest BCUT2D eigenvalue weighted by molar-refractivity contribution is 5.65. The van der Waals surface area contributed by atoms with E-state index in [1.165, 1.54) is 0 Å². The van der Waals surface area contributed by atoms with Crippen LogP contribution in [-0.4, -0.2) is 32.1 Å². The molecule has 0 unspecified atom stereocenters. The lowest BCUT2D eigenvalue weighted by molar-refractivity contribution is 0.416. The van der Waals surface area contributed by atoms with Gasteiger partial charge < -0.3 is 4.74 Å². The average molecular weight is 295 g/mol. The van der Waals surface area contributed by atoms with Gasteiger partial charge in [0.1, 0.15) is 11.4 Å². The highest BCUT2D eigenvalue weighted by Crippen LogP contribution is 2.27. The molecule has 3 aromatic rings. The molecule has 6 nitrogen and oxygen atoms in total. The van der Waals surface area contributed by atoms with E-state index in [0.29, 0.717) is 6.54 Å². The van der Waals surface area contributed by atoms with Gasteiger partial charge in [0.05, 0.1) is 24.7 Å². The molecule has 0 fully saturated rings. The summed E-state index contributed by atoms with van der Waals surface area (Å²) in [6, 6.07) is 7.78. The summed E-state index contributed by atoms with van der Waals surface area (Å²) in [5.41, 5.74) is 3.61. The minimum Gasteiger partial charge on any atom is -0.496 e. The summed E-state index contributed by atoms with van der Waals surface area (Å²) in [5, 5.41) is 8.39. The fraction of sp³-hybridized carbons (Fsp3) is 0.250. The van der Waals surface area contributed by atoms with Crippen LogP contribution in [0.15, 0.2) is 42.9 Å². The van der Waals surface area contributed by atoms with Crippen molar-refractivity contribution in [2.75, 3.05) is 7.11 Å². The number of aromatic nitrogens is 5. The van der Waals surface area contributed by atoms with Crippen molar-refractivity contribution in [3.63, 3.8) is 0 Å². The van der Waals surface area contributed by atoms with Crippen molar-refractivity contribution in [2.24, 2.45) is 0 Å². The second-order valence-corrected chi connectivity index (χ2v) is 4.97. The summed E-state index contributed by atoms with van der Waals surface area (Å²) in [5.74, 6) is 0.791. The first-order valence-corrected chi connectivity index (χ1v) is 7.07. The van der Waals surface area contributed by atoms with E-state index in [4.69, 9.17) is 4.74 Å². The number of benzene rings is 1. The number of methoxy groups -OCH3 is 1. The summed E-state index contributed by atoms with van der Waals surface area (Å²) in [4.78, 5) is 8.58. The molecule has 0 aliphatic heterocycles. The summed E-state index contributed by atoms with van der Waals surface area (Å²) in [6.07, 6.45) is 6.22. The molecule has 112 valence electrons. The molecule has 0 N–H and O–H groups in total. The molecule has 0 bridgehead atoms. The minimum atomic E-state index is 0.709. The van der Waals surface area contributed by atoms with Crippen molar-refractivity contribution in [1.82, 2.24) is 25.0 Å². The molecule has 0 radical (unpaired) electrons. The van der Waals surface area contributed by atoms with Gasteiger partial charge in [-0.15, -0.1) is 5.10 Å². The van der Waals surface area contributed by atoms with E-state index in [1.807, 2.05) is 42.1 Å². The Bertz CT molecular complexity index is 768. The summed E-state index contributed by atoms with van der Waals surface area (Å²) in [7, 11) is 1.65. The maximum absolute atomic E-state index is 5.36. The van der Waals surface area contributed by atoms with Gasteiger partial charge in [0.15, 0.2) is 0 Å². The molecule has 1 aromatic carbocycles. The van der Waals surface area contributed by atoms with Gasteiger partial charge in [0.2, 0.25) is 0 Å². The highest BCUT2D eigenvalue weighted by atomic mass is 16.5. The van der Waals surface area contributed by atoms with E-state index in [1.54, 1.807) is 19.5 Å². The van der Waals surface area contributed by atoms with E-state index < -0.39 is 0 Å². The molecule has 0 spiro atoms. The van der Waals surface area contributed by atoms with Crippen molar-refractivity contribution in [3.05, 3.63) is 54.2 Å². The Morgan fingerprint density at radius 3 is 2.86 bits per heavy atom. The Morgan fingerprint density at radius 2 is 2.05 bits per heavy atom. The molecule has 6 heteroatoms. The van der Waals surface area contributed by atoms with Gasteiger partial charge in [0, 0.05) is 30.9 Å². The number of aryl methyl sites for hydroxylation is 3. The fourth-order valence-electron chi connectivity index (χ4n) is 2.25. The highest BCUT2D eigenvalue weighted by Gasteiger charge is 2.09. The monoisotopic (exact) mass is 295 g/mol. The molecule has 0 atom stereocenters.